The molecule has 1 saturated carbocycles. The van der Waals surface area contributed by atoms with Gasteiger partial charge in [-0.3, -0.25) is 4.79 Å². The summed E-state index contributed by atoms with van der Waals surface area (Å²) in [4.78, 5) is 12.3. The lowest BCUT2D eigenvalue weighted by Crippen LogP contribution is -2.45. The average Bonchev–Trinajstić information content (AvgIpc) is 2.48. The van der Waals surface area contributed by atoms with Crippen molar-refractivity contribution in [2.45, 2.75) is 57.9 Å². The van der Waals surface area contributed by atoms with E-state index >= 15 is 0 Å². The molecule has 0 aromatic rings. The first-order chi connectivity index (χ1) is 9.70. The minimum Gasteiger partial charge on any atom is -0.353 e. The van der Waals surface area contributed by atoms with Crippen molar-refractivity contribution in [3.8, 4) is 0 Å². The Hall–Kier alpha value is -0.610. The Bertz CT molecular complexity index is 302. The van der Waals surface area contributed by atoms with E-state index < -0.39 is 0 Å². The predicted molar refractivity (Wildman–Crippen MR) is 82.3 cm³/mol. The summed E-state index contributed by atoms with van der Waals surface area (Å²) < 4.78 is 0. The monoisotopic (exact) mass is 281 g/mol. The van der Waals surface area contributed by atoms with Gasteiger partial charge < -0.3 is 16.4 Å². The SMILES string of the molecule is CC(CC(=O)NC1CCCCC1CN)C1CCCNC1. The molecule has 1 aliphatic carbocycles. The Labute approximate surface area is 123 Å². The fraction of sp³-hybridized carbons (Fsp3) is 0.938. The molecule has 4 atom stereocenters. The van der Waals surface area contributed by atoms with E-state index in [2.05, 4.69) is 17.6 Å². The normalized spacial score (nSPS) is 32.6. The first-order valence-corrected chi connectivity index (χ1v) is 8.41. The van der Waals surface area contributed by atoms with Gasteiger partial charge in [0, 0.05) is 12.5 Å². The molecule has 0 radical (unpaired) electrons. The number of hydrogen-bond acceptors (Lipinski definition) is 3. The molecule has 1 saturated heterocycles. The smallest absolute Gasteiger partial charge is 0.220 e. The van der Waals surface area contributed by atoms with E-state index in [-0.39, 0.29) is 5.91 Å². The summed E-state index contributed by atoms with van der Waals surface area (Å²) in [6, 6.07) is 0.318. The highest BCUT2D eigenvalue weighted by atomic mass is 16.1. The van der Waals surface area contributed by atoms with Crippen molar-refractivity contribution < 1.29 is 4.79 Å². The zero-order chi connectivity index (χ0) is 14.4. The van der Waals surface area contributed by atoms with Crippen molar-refractivity contribution in [2.24, 2.45) is 23.5 Å². The van der Waals surface area contributed by atoms with Crippen LogP contribution in [-0.2, 0) is 4.79 Å². The Morgan fingerprint density at radius 3 is 2.80 bits per heavy atom. The van der Waals surface area contributed by atoms with Gasteiger partial charge in [-0.05, 0) is 63.1 Å². The van der Waals surface area contributed by atoms with E-state index in [0.717, 1.165) is 19.5 Å². The lowest BCUT2D eigenvalue weighted by atomic mass is 9.83. The molecular weight excluding hydrogens is 250 g/mol. The molecular formula is C16H31N3O. The summed E-state index contributed by atoms with van der Waals surface area (Å²) in [5.41, 5.74) is 5.83. The number of nitrogens with two attached hydrogens (primary N) is 1. The second-order valence-corrected chi connectivity index (χ2v) is 6.74. The lowest BCUT2D eigenvalue weighted by Gasteiger charge is -2.32. The van der Waals surface area contributed by atoms with E-state index in [1.54, 1.807) is 0 Å². The maximum Gasteiger partial charge on any atom is 0.220 e. The van der Waals surface area contributed by atoms with Gasteiger partial charge >= 0.3 is 0 Å². The zero-order valence-electron chi connectivity index (χ0n) is 12.9. The Kier molecular flexibility index (Phi) is 6.30. The van der Waals surface area contributed by atoms with Crippen LogP contribution in [0.25, 0.3) is 0 Å². The highest BCUT2D eigenvalue weighted by Crippen LogP contribution is 2.25. The third-order valence-electron chi connectivity index (χ3n) is 5.21. The van der Waals surface area contributed by atoms with Crippen LogP contribution in [0.4, 0.5) is 0 Å². The molecule has 4 heteroatoms. The number of piperidine rings is 1. The molecule has 0 bridgehead atoms. The minimum absolute atomic E-state index is 0.230. The largest absolute Gasteiger partial charge is 0.353 e. The van der Waals surface area contributed by atoms with Gasteiger partial charge in [0.2, 0.25) is 5.91 Å². The van der Waals surface area contributed by atoms with Crippen LogP contribution in [0.15, 0.2) is 0 Å². The number of nitrogens with one attached hydrogen (secondary N) is 2. The predicted octanol–water partition coefficient (Wildman–Crippen LogP) is 1.65. The number of carbonyl (C=O) groups excluding carboxylic acids is 1. The van der Waals surface area contributed by atoms with Crippen LogP contribution in [-0.4, -0.2) is 31.6 Å². The van der Waals surface area contributed by atoms with Crippen molar-refractivity contribution in [2.75, 3.05) is 19.6 Å². The molecule has 1 aliphatic heterocycles. The lowest BCUT2D eigenvalue weighted by molar-refractivity contribution is -0.123. The van der Waals surface area contributed by atoms with Crippen LogP contribution in [0.1, 0.15) is 51.9 Å². The molecule has 0 spiro atoms. The maximum absolute atomic E-state index is 12.3. The van der Waals surface area contributed by atoms with Gasteiger partial charge in [0.05, 0.1) is 0 Å². The highest BCUT2D eigenvalue weighted by Gasteiger charge is 2.27. The summed E-state index contributed by atoms with van der Waals surface area (Å²) in [7, 11) is 0. The van der Waals surface area contributed by atoms with Crippen molar-refractivity contribution in [1.29, 1.82) is 0 Å². The van der Waals surface area contributed by atoms with Crippen LogP contribution in [0.2, 0.25) is 0 Å². The fourth-order valence-electron chi connectivity index (χ4n) is 3.77. The van der Waals surface area contributed by atoms with Crippen LogP contribution in [0, 0.1) is 17.8 Å². The summed E-state index contributed by atoms with van der Waals surface area (Å²) in [6.07, 6.45) is 7.93. The van der Waals surface area contributed by atoms with Gasteiger partial charge in [0.1, 0.15) is 0 Å². The van der Waals surface area contributed by atoms with Crippen molar-refractivity contribution in [3.63, 3.8) is 0 Å². The Balaban J connectivity index is 1.75. The van der Waals surface area contributed by atoms with Gasteiger partial charge in [0.25, 0.3) is 0 Å². The van der Waals surface area contributed by atoms with Gasteiger partial charge in [-0.1, -0.05) is 19.8 Å². The molecule has 4 nitrogen and oxygen atoms in total. The molecule has 0 aromatic carbocycles. The molecule has 4 unspecified atom stereocenters. The molecule has 20 heavy (non-hydrogen) atoms. The zero-order valence-corrected chi connectivity index (χ0v) is 12.9. The Morgan fingerprint density at radius 1 is 1.30 bits per heavy atom. The molecule has 0 aromatic heterocycles. The van der Waals surface area contributed by atoms with Crippen molar-refractivity contribution >= 4 is 5.91 Å². The standard InChI is InChI=1S/C16H31N3O/c1-12(14-6-4-8-18-11-14)9-16(20)19-15-7-3-2-5-13(15)10-17/h12-15,18H,2-11,17H2,1H3,(H,19,20). The average molecular weight is 281 g/mol. The Morgan fingerprint density at radius 2 is 2.10 bits per heavy atom. The van der Waals surface area contributed by atoms with E-state index in [9.17, 15) is 4.79 Å². The summed E-state index contributed by atoms with van der Waals surface area (Å²) in [5, 5.41) is 6.69. The molecule has 2 fully saturated rings. The van der Waals surface area contributed by atoms with Crippen LogP contribution < -0.4 is 16.4 Å². The highest BCUT2D eigenvalue weighted by molar-refractivity contribution is 5.76. The summed E-state index contributed by atoms with van der Waals surface area (Å²) >= 11 is 0. The maximum atomic E-state index is 12.3. The number of rotatable bonds is 5. The fourth-order valence-corrected chi connectivity index (χ4v) is 3.77. The molecule has 2 aliphatic rings. The van der Waals surface area contributed by atoms with Crippen molar-refractivity contribution in [1.82, 2.24) is 10.6 Å². The van der Waals surface area contributed by atoms with Gasteiger partial charge in [-0.2, -0.15) is 0 Å². The molecule has 1 heterocycles. The number of amides is 1. The van der Waals surface area contributed by atoms with Crippen LogP contribution >= 0.6 is 0 Å². The topological polar surface area (TPSA) is 67.2 Å². The number of hydrogen-bond donors (Lipinski definition) is 3. The molecule has 1 amide bonds. The first-order valence-electron chi connectivity index (χ1n) is 8.41. The third-order valence-corrected chi connectivity index (χ3v) is 5.21. The third kappa shape index (κ3) is 4.45. The summed E-state index contributed by atoms with van der Waals surface area (Å²) in [6.45, 7) is 5.13. The second kappa shape index (κ2) is 7.99. The van der Waals surface area contributed by atoms with E-state index in [1.807, 2.05) is 0 Å². The van der Waals surface area contributed by atoms with E-state index in [4.69, 9.17) is 5.73 Å². The second-order valence-electron chi connectivity index (χ2n) is 6.74. The van der Waals surface area contributed by atoms with Gasteiger partial charge in [0.15, 0.2) is 0 Å². The first kappa shape index (κ1) is 15.8. The van der Waals surface area contributed by atoms with E-state index in [0.29, 0.717) is 36.8 Å². The van der Waals surface area contributed by atoms with Crippen molar-refractivity contribution in [3.05, 3.63) is 0 Å². The van der Waals surface area contributed by atoms with Crippen LogP contribution in [0.5, 0.6) is 0 Å². The molecule has 4 N–H and O–H groups in total. The van der Waals surface area contributed by atoms with Gasteiger partial charge in [-0.25, -0.2) is 0 Å². The molecule has 116 valence electrons. The quantitative estimate of drug-likeness (QED) is 0.718. The minimum atomic E-state index is 0.230. The molecule has 2 rings (SSSR count). The van der Waals surface area contributed by atoms with Gasteiger partial charge in [-0.15, -0.1) is 0 Å². The number of carbonyl (C=O) groups is 1. The van der Waals surface area contributed by atoms with E-state index in [1.165, 1.54) is 32.1 Å². The summed E-state index contributed by atoms with van der Waals surface area (Å²) in [5.74, 6) is 1.85. The van der Waals surface area contributed by atoms with Crippen LogP contribution in [0.3, 0.4) is 0 Å².